The molecule has 0 spiro atoms. The summed E-state index contributed by atoms with van der Waals surface area (Å²) in [6, 6.07) is 4.47. The Morgan fingerprint density at radius 3 is 2.19 bits per heavy atom. The maximum Gasteiger partial charge on any atom is 0.248 e. The first-order valence-corrected chi connectivity index (χ1v) is 14.6. The SMILES string of the molecule is Cc1cc(C)c(/C=C/c2onc(C)c2S(=O)(=O)N2CCC(C(=O)NC3CCCCCC3)CC2)c(C)c1. The van der Waals surface area contributed by atoms with Crippen LogP contribution in [0.2, 0.25) is 0 Å². The van der Waals surface area contributed by atoms with Gasteiger partial charge in [-0.1, -0.05) is 54.6 Å². The fourth-order valence-electron chi connectivity index (χ4n) is 5.64. The minimum atomic E-state index is -3.80. The molecule has 0 atom stereocenters. The summed E-state index contributed by atoms with van der Waals surface area (Å²) in [5.74, 6) is 0.169. The van der Waals surface area contributed by atoms with E-state index in [0.717, 1.165) is 29.5 Å². The number of piperidine rings is 1. The predicted octanol–water partition coefficient (Wildman–Crippen LogP) is 5.32. The van der Waals surface area contributed by atoms with Gasteiger partial charge in [-0.2, -0.15) is 4.31 Å². The number of nitrogens with one attached hydrogen (secondary N) is 1. The zero-order valence-electron chi connectivity index (χ0n) is 22.0. The van der Waals surface area contributed by atoms with E-state index in [9.17, 15) is 13.2 Å². The van der Waals surface area contributed by atoms with E-state index in [1.165, 1.54) is 35.6 Å². The van der Waals surface area contributed by atoms with Gasteiger partial charge in [0.05, 0.1) is 0 Å². The van der Waals surface area contributed by atoms with Crippen molar-refractivity contribution in [2.24, 2.45) is 5.92 Å². The van der Waals surface area contributed by atoms with E-state index in [4.69, 9.17) is 4.52 Å². The molecule has 1 N–H and O–H groups in total. The number of nitrogens with zero attached hydrogens (tertiary/aromatic N) is 2. The molecule has 4 rings (SSSR count). The van der Waals surface area contributed by atoms with Crippen LogP contribution in [0.15, 0.2) is 21.6 Å². The van der Waals surface area contributed by atoms with Gasteiger partial charge in [-0.15, -0.1) is 0 Å². The summed E-state index contributed by atoms with van der Waals surface area (Å²) in [5.41, 5.74) is 4.81. The van der Waals surface area contributed by atoms with Crippen molar-refractivity contribution in [2.75, 3.05) is 13.1 Å². The summed E-state index contributed by atoms with van der Waals surface area (Å²) < 4.78 is 34.1. The molecule has 196 valence electrons. The summed E-state index contributed by atoms with van der Waals surface area (Å²) in [6.45, 7) is 8.42. The Bertz CT molecular complexity index is 1190. The van der Waals surface area contributed by atoms with Crippen molar-refractivity contribution in [3.63, 3.8) is 0 Å². The van der Waals surface area contributed by atoms with Crippen molar-refractivity contribution < 1.29 is 17.7 Å². The summed E-state index contributed by atoms with van der Waals surface area (Å²) in [6.07, 6.45) is 11.5. The van der Waals surface area contributed by atoms with Gasteiger partial charge in [0, 0.05) is 25.0 Å². The number of aromatic nitrogens is 1. The molecule has 0 radical (unpaired) electrons. The molecule has 36 heavy (non-hydrogen) atoms. The minimum Gasteiger partial charge on any atom is -0.355 e. The fraction of sp³-hybridized carbons (Fsp3) is 0.571. The molecule has 0 unspecified atom stereocenters. The number of amides is 1. The maximum absolute atomic E-state index is 13.6. The van der Waals surface area contributed by atoms with Gasteiger partial charge >= 0.3 is 0 Å². The van der Waals surface area contributed by atoms with E-state index in [0.29, 0.717) is 31.6 Å². The monoisotopic (exact) mass is 513 g/mol. The van der Waals surface area contributed by atoms with Crippen LogP contribution in [0.4, 0.5) is 0 Å². The zero-order valence-corrected chi connectivity index (χ0v) is 22.8. The maximum atomic E-state index is 13.6. The molecule has 1 saturated carbocycles. The molecule has 2 aliphatic rings. The molecule has 1 aromatic heterocycles. The average Bonchev–Trinajstić information content (AvgIpc) is 3.02. The fourth-order valence-corrected chi connectivity index (χ4v) is 7.36. The highest BCUT2D eigenvalue weighted by Gasteiger charge is 2.36. The van der Waals surface area contributed by atoms with Crippen molar-refractivity contribution in [3.8, 4) is 0 Å². The van der Waals surface area contributed by atoms with Gasteiger partial charge in [-0.25, -0.2) is 8.42 Å². The van der Waals surface area contributed by atoms with Crippen molar-refractivity contribution >= 4 is 28.1 Å². The summed E-state index contributed by atoms with van der Waals surface area (Å²) >= 11 is 0. The van der Waals surface area contributed by atoms with Crippen molar-refractivity contribution in [3.05, 3.63) is 45.8 Å². The van der Waals surface area contributed by atoms with E-state index in [1.54, 1.807) is 13.0 Å². The smallest absolute Gasteiger partial charge is 0.248 e. The van der Waals surface area contributed by atoms with Gasteiger partial charge < -0.3 is 9.84 Å². The predicted molar refractivity (Wildman–Crippen MR) is 142 cm³/mol. The van der Waals surface area contributed by atoms with Crippen LogP contribution >= 0.6 is 0 Å². The summed E-state index contributed by atoms with van der Waals surface area (Å²) in [5, 5.41) is 7.20. The number of hydrogen-bond acceptors (Lipinski definition) is 5. The molecule has 2 aromatic rings. The topological polar surface area (TPSA) is 92.5 Å². The molecule has 2 heterocycles. The van der Waals surface area contributed by atoms with E-state index < -0.39 is 10.0 Å². The number of aryl methyl sites for hydroxylation is 4. The third-order valence-corrected chi connectivity index (χ3v) is 9.65. The Morgan fingerprint density at radius 2 is 1.58 bits per heavy atom. The van der Waals surface area contributed by atoms with Crippen LogP contribution in [0.1, 0.15) is 85.1 Å². The molecule has 0 bridgehead atoms. The Kier molecular flexibility index (Phi) is 8.35. The van der Waals surface area contributed by atoms with Crippen LogP contribution in [0.5, 0.6) is 0 Å². The molecule has 1 amide bonds. The number of sulfonamides is 1. The van der Waals surface area contributed by atoms with Crippen LogP contribution < -0.4 is 5.32 Å². The molecule has 2 fully saturated rings. The van der Waals surface area contributed by atoms with Crippen LogP contribution in [0.25, 0.3) is 12.2 Å². The second kappa shape index (κ2) is 11.3. The molecule has 7 nitrogen and oxygen atoms in total. The Hall–Kier alpha value is -2.45. The van der Waals surface area contributed by atoms with Gasteiger partial charge in [-0.3, -0.25) is 4.79 Å². The van der Waals surface area contributed by atoms with E-state index in [-0.39, 0.29) is 28.5 Å². The van der Waals surface area contributed by atoms with E-state index in [2.05, 4.69) is 29.5 Å². The third kappa shape index (κ3) is 5.92. The summed E-state index contributed by atoms with van der Waals surface area (Å²) in [4.78, 5) is 13.0. The first-order chi connectivity index (χ1) is 17.2. The van der Waals surface area contributed by atoms with Crippen LogP contribution in [-0.2, 0) is 14.8 Å². The number of benzene rings is 1. The van der Waals surface area contributed by atoms with Gasteiger partial charge in [0.25, 0.3) is 0 Å². The van der Waals surface area contributed by atoms with E-state index >= 15 is 0 Å². The lowest BCUT2D eigenvalue weighted by Gasteiger charge is -2.31. The lowest BCUT2D eigenvalue weighted by atomic mass is 9.96. The number of carbonyl (C=O) groups is 1. The lowest BCUT2D eigenvalue weighted by Crippen LogP contribution is -2.45. The zero-order chi connectivity index (χ0) is 25.9. The molecular weight excluding hydrogens is 474 g/mol. The first kappa shape index (κ1) is 26.6. The largest absolute Gasteiger partial charge is 0.355 e. The van der Waals surface area contributed by atoms with Gasteiger partial charge in [-0.05, 0) is 76.1 Å². The molecule has 1 aliphatic carbocycles. The minimum absolute atomic E-state index is 0.0765. The second-order valence-electron chi connectivity index (χ2n) is 10.5. The van der Waals surface area contributed by atoms with E-state index in [1.807, 2.05) is 19.9 Å². The second-order valence-corrected chi connectivity index (χ2v) is 12.4. The summed E-state index contributed by atoms with van der Waals surface area (Å²) in [7, 11) is -3.80. The van der Waals surface area contributed by atoms with Gasteiger partial charge in [0.15, 0.2) is 10.7 Å². The Balaban J connectivity index is 1.45. The quantitative estimate of drug-likeness (QED) is 0.528. The average molecular weight is 514 g/mol. The lowest BCUT2D eigenvalue weighted by molar-refractivity contribution is -0.126. The Morgan fingerprint density at radius 1 is 0.972 bits per heavy atom. The standard InChI is InChI=1S/C28H39N3O4S/c1-19-17-20(2)25(21(3)18-19)11-12-26-27(22(4)30-35-26)36(33,34)31-15-13-23(14-16-31)28(32)29-24-9-7-5-6-8-10-24/h11-12,17-18,23-24H,5-10,13-16H2,1-4H3,(H,29,32)/b12-11+. The molecule has 8 heteroatoms. The third-order valence-electron chi connectivity index (χ3n) is 7.60. The van der Waals surface area contributed by atoms with Crippen molar-refractivity contribution in [1.82, 2.24) is 14.8 Å². The van der Waals surface area contributed by atoms with Crippen LogP contribution in [0.3, 0.4) is 0 Å². The van der Waals surface area contributed by atoms with Gasteiger partial charge in [0.2, 0.25) is 15.9 Å². The highest BCUT2D eigenvalue weighted by Crippen LogP contribution is 2.30. The highest BCUT2D eigenvalue weighted by molar-refractivity contribution is 7.89. The van der Waals surface area contributed by atoms with Crippen molar-refractivity contribution in [2.45, 2.75) is 90.0 Å². The van der Waals surface area contributed by atoms with Crippen LogP contribution in [0, 0.1) is 33.6 Å². The molecule has 1 aliphatic heterocycles. The van der Waals surface area contributed by atoms with Gasteiger partial charge in [0.1, 0.15) is 5.69 Å². The first-order valence-electron chi connectivity index (χ1n) is 13.2. The molecule has 1 saturated heterocycles. The number of carbonyl (C=O) groups excluding carboxylic acids is 1. The Labute approximate surface area is 215 Å². The van der Waals surface area contributed by atoms with Crippen LogP contribution in [-0.4, -0.2) is 42.9 Å². The number of rotatable bonds is 6. The normalized spacial score (nSPS) is 19.0. The molecular formula is C28H39N3O4S. The number of hydrogen-bond donors (Lipinski definition) is 1. The highest BCUT2D eigenvalue weighted by atomic mass is 32.2. The van der Waals surface area contributed by atoms with Crippen molar-refractivity contribution in [1.29, 1.82) is 0 Å². The molecule has 1 aromatic carbocycles.